The lowest BCUT2D eigenvalue weighted by Crippen LogP contribution is -2.45. The summed E-state index contributed by atoms with van der Waals surface area (Å²) in [4.78, 5) is 44.5. The number of hydrogen-bond donors (Lipinski definition) is 2. The molecule has 1 aromatic carbocycles. The van der Waals surface area contributed by atoms with Crippen LogP contribution >= 0.6 is 0 Å². The Labute approximate surface area is 212 Å². The number of carbonyl (C=O) groups excluding carboxylic acids is 3. The summed E-state index contributed by atoms with van der Waals surface area (Å²) in [5.41, 5.74) is 2.78. The van der Waals surface area contributed by atoms with E-state index in [1.807, 2.05) is 37.4 Å². The number of nitrogens with one attached hydrogen (secondary N) is 2. The zero-order valence-corrected chi connectivity index (χ0v) is 21.3. The fraction of sp³-hybridized carbons (Fsp3) is 0.538. The first-order valence-electron chi connectivity index (χ1n) is 12.8. The van der Waals surface area contributed by atoms with Crippen LogP contribution in [0.25, 0.3) is 0 Å². The minimum atomic E-state index is -0.289. The molecule has 3 heterocycles. The Kier molecular flexibility index (Phi) is 8.71. The highest BCUT2D eigenvalue weighted by molar-refractivity contribution is 6.04. The molecule has 0 atom stereocenters. The summed E-state index contributed by atoms with van der Waals surface area (Å²) in [5.74, 6) is -0.460. The Balaban J connectivity index is 1.22. The maximum Gasteiger partial charge on any atom is 0.276 e. The molecule has 1 fully saturated rings. The van der Waals surface area contributed by atoms with Crippen LogP contribution in [0.15, 0.2) is 30.3 Å². The van der Waals surface area contributed by atoms with Gasteiger partial charge in [0.25, 0.3) is 5.91 Å². The van der Waals surface area contributed by atoms with Crippen molar-refractivity contribution in [2.45, 2.75) is 32.2 Å². The molecule has 36 heavy (non-hydrogen) atoms. The number of amides is 3. The normalized spacial score (nSPS) is 16.4. The van der Waals surface area contributed by atoms with Crippen LogP contribution in [0.4, 0.5) is 5.69 Å². The van der Waals surface area contributed by atoms with Crippen molar-refractivity contribution in [3.05, 3.63) is 47.3 Å². The third kappa shape index (κ3) is 6.70. The number of benzene rings is 1. The summed E-state index contributed by atoms with van der Waals surface area (Å²) in [6.45, 7) is 6.81. The first-order chi connectivity index (χ1) is 17.4. The Bertz CT molecular complexity index is 1060. The molecular formula is C26H37N7O3. The number of aromatic nitrogens is 2. The second kappa shape index (κ2) is 12.1. The number of nitrogens with zero attached hydrogens (tertiary/aromatic N) is 5. The average Bonchev–Trinajstić information content (AvgIpc) is 3.22. The van der Waals surface area contributed by atoms with Gasteiger partial charge in [0.05, 0.1) is 0 Å². The van der Waals surface area contributed by atoms with Crippen LogP contribution in [0, 0.1) is 0 Å². The number of carbonyl (C=O) groups is 3. The molecule has 10 heteroatoms. The molecule has 194 valence electrons. The van der Waals surface area contributed by atoms with Crippen LogP contribution in [0.5, 0.6) is 0 Å². The molecular weight excluding hydrogens is 458 g/mol. The fourth-order valence-corrected chi connectivity index (χ4v) is 4.77. The van der Waals surface area contributed by atoms with E-state index in [-0.39, 0.29) is 30.6 Å². The van der Waals surface area contributed by atoms with Gasteiger partial charge in [-0.2, -0.15) is 5.10 Å². The van der Waals surface area contributed by atoms with E-state index in [0.717, 1.165) is 50.4 Å². The standard InChI is InChI=1S/C26H37N7O3/c1-30-15-17-32(18-16-30)13-6-12-27-23(34)9-10-24(35)33-14-11-22-21(19-33)25(29-31(22)2)26(36)28-20-7-4-3-5-8-20/h3-5,7-8H,6,9-19H2,1-2H3,(H,27,34)(H,28,36). The van der Waals surface area contributed by atoms with Crippen molar-refractivity contribution in [1.82, 2.24) is 29.8 Å². The summed E-state index contributed by atoms with van der Waals surface area (Å²) in [5, 5.41) is 10.3. The second-order valence-electron chi connectivity index (χ2n) is 9.63. The molecule has 1 saturated heterocycles. The van der Waals surface area contributed by atoms with Crippen molar-refractivity contribution < 1.29 is 14.4 Å². The zero-order valence-electron chi connectivity index (χ0n) is 21.3. The third-order valence-electron chi connectivity index (χ3n) is 6.98. The van der Waals surface area contributed by atoms with Gasteiger partial charge in [0, 0.05) is 89.1 Å². The van der Waals surface area contributed by atoms with Crippen molar-refractivity contribution in [1.29, 1.82) is 0 Å². The predicted molar refractivity (Wildman–Crippen MR) is 138 cm³/mol. The number of anilines is 1. The van der Waals surface area contributed by atoms with Crippen LogP contribution in [0.3, 0.4) is 0 Å². The lowest BCUT2D eigenvalue weighted by Gasteiger charge is -2.32. The number of aryl methyl sites for hydroxylation is 1. The van der Waals surface area contributed by atoms with Gasteiger partial charge in [0.15, 0.2) is 5.69 Å². The van der Waals surface area contributed by atoms with Gasteiger partial charge in [0.1, 0.15) is 0 Å². The SMILES string of the molecule is CN1CCN(CCCNC(=O)CCC(=O)N2CCc3c(c(C(=O)Nc4ccccc4)nn3C)C2)CC1. The molecule has 0 saturated carbocycles. The highest BCUT2D eigenvalue weighted by atomic mass is 16.2. The van der Waals surface area contributed by atoms with E-state index in [9.17, 15) is 14.4 Å². The van der Waals surface area contributed by atoms with E-state index < -0.39 is 0 Å². The molecule has 10 nitrogen and oxygen atoms in total. The molecule has 0 radical (unpaired) electrons. The van der Waals surface area contributed by atoms with Gasteiger partial charge in [-0.05, 0) is 32.1 Å². The van der Waals surface area contributed by atoms with Crippen molar-refractivity contribution in [2.24, 2.45) is 7.05 Å². The highest BCUT2D eigenvalue weighted by Crippen LogP contribution is 2.24. The molecule has 1 aromatic heterocycles. The predicted octanol–water partition coefficient (Wildman–Crippen LogP) is 1.09. The maximum atomic E-state index is 12.9. The number of hydrogen-bond acceptors (Lipinski definition) is 6. The molecule has 4 rings (SSSR count). The van der Waals surface area contributed by atoms with Gasteiger partial charge < -0.3 is 25.3 Å². The molecule has 2 aromatic rings. The van der Waals surface area contributed by atoms with Crippen molar-refractivity contribution in [3.8, 4) is 0 Å². The summed E-state index contributed by atoms with van der Waals surface area (Å²) in [6.07, 6.45) is 1.87. The number of piperazine rings is 1. The third-order valence-corrected chi connectivity index (χ3v) is 6.98. The molecule has 0 aliphatic carbocycles. The topological polar surface area (TPSA) is 103 Å². The van der Waals surface area contributed by atoms with Crippen molar-refractivity contribution in [3.63, 3.8) is 0 Å². The van der Waals surface area contributed by atoms with Crippen LogP contribution in [0.2, 0.25) is 0 Å². The maximum absolute atomic E-state index is 12.9. The van der Waals surface area contributed by atoms with Crippen LogP contribution in [-0.2, 0) is 29.6 Å². The van der Waals surface area contributed by atoms with E-state index in [2.05, 4.69) is 32.6 Å². The van der Waals surface area contributed by atoms with Gasteiger partial charge >= 0.3 is 0 Å². The van der Waals surface area contributed by atoms with E-state index in [1.165, 1.54) is 0 Å². The number of fused-ring (bicyclic) bond motifs is 1. The van der Waals surface area contributed by atoms with Crippen LogP contribution < -0.4 is 10.6 Å². The van der Waals surface area contributed by atoms with E-state index in [1.54, 1.807) is 9.58 Å². The largest absolute Gasteiger partial charge is 0.356 e. The lowest BCUT2D eigenvalue weighted by atomic mass is 10.0. The second-order valence-corrected chi connectivity index (χ2v) is 9.63. The van der Waals surface area contributed by atoms with Gasteiger partial charge in [0.2, 0.25) is 11.8 Å². The van der Waals surface area contributed by atoms with Crippen LogP contribution in [-0.4, -0.2) is 95.1 Å². The molecule has 0 spiro atoms. The van der Waals surface area contributed by atoms with Gasteiger partial charge in [-0.25, -0.2) is 0 Å². The minimum Gasteiger partial charge on any atom is -0.356 e. The molecule has 2 N–H and O–H groups in total. The van der Waals surface area contributed by atoms with E-state index >= 15 is 0 Å². The summed E-state index contributed by atoms with van der Waals surface area (Å²) in [7, 11) is 3.96. The van der Waals surface area contributed by atoms with Gasteiger partial charge in [-0.1, -0.05) is 18.2 Å². The minimum absolute atomic E-state index is 0.0773. The fourth-order valence-electron chi connectivity index (χ4n) is 4.77. The Hall–Kier alpha value is -3.24. The number of para-hydroxylation sites is 1. The van der Waals surface area contributed by atoms with E-state index in [4.69, 9.17) is 0 Å². The lowest BCUT2D eigenvalue weighted by molar-refractivity contribution is -0.134. The van der Waals surface area contributed by atoms with Gasteiger partial charge in [-0.3, -0.25) is 19.1 Å². The molecule has 2 aliphatic heterocycles. The quantitative estimate of drug-likeness (QED) is 0.505. The molecule has 3 amide bonds. The van der Waals surface area contributed by atoms with Crippen molar-refractivity contribution >= 4 is 23.4 Å². The monoisotopic (exact) mass is 495 g/mol. The molecule has 0 bridgehead atoms. The summed E-state index contributed by atoms with van der Waals surface area (Å²) < 4.78 is 1.73. The van der Waals surface area contributed by atoms with E-state index in [0.29, 0.717) is 37.4 Å². The zero-order chi connectivity index (χ0) is 25.5. The Morgan fingerprint density at radius 1 is 0.972 bits per heavy atom. The van der Waals surface area contributed by atoms with Crippen LogP contribution in [0.1, 0.15) is 41.0 Å². The van der Waals surface area contributed by atoms with Crippen molar-refractivity contribution in [2.75, 3.05) is 58.2 Å². The summed E-state index contributed by atoms with van der Waals surface area (Å²) >= 11 is 0. The Morgan fingerprint density at radius 2 is 1.72 bits per heavy atom. The smallest absolute Gasteiger partial charge is 0.276 e. The number of rotatable bonds is 9. The number of likely N-dealkylation sites (N-methyl/N-ethyl adjacent to an activating group) is 1. The first kappa shape index (κ1) is 25.8. The Morgan fingerprint density at radius 3 is 2.47 bits per heavy atom. The molecule has 0 unspecified atom stereocenters. The first-order valence-corrected chi connectivity index (χ1v) is 12.8. The highest BCUT2D eigenvalue weighted by Gasteiger charge is 2.29. The molecule has 2 aliphatic rings. The average molecular weight is 496 g/mol. The summed E-state index contributed by atoms with van der Waals surface area (Å²) in [6, 6.07) is 9.24. The van der Waals surface area contributed by atoms with Gasteiger partial charge in [-0.15, -0.1) is 0 Å².